The van der Waals surface area contributed by atoms with Gasteiger partial charge in [0, 0.05) is 30.6 Å². The maximum Gasteiger partial charge on any atom is 0.122 e. The Morgan fingerprint density at radius 3 is 2.71 bits per heavy atom. The molecule has 3 heteroatoms. The summed E-state index contributed by atoms with van der Waals surface area (Å²) >= 11 is 0. The van der Waals surface area contributed by atoms with Crippen LogP contribution < -0.4 is 10.1 Å². The summed E-state index contributed by atoms with van der Waals surface area (Å²) in [6.07, 6.45) is 6.58. The molecule has 0 amide bonds. The fourth-order valence-electron chi connectivity index (χ4n) is 4.49. The molecule has 0 spiro atoms. The number of benzene rings is 1. The average Bonchev–Trinajstić information content (AvgIpc) is 2.86. The van der Waals surface area contributed by atoms with Gasteiger partial charge in [0.15, 0.2) is 0 Å². The van der Waals surface area contributed by atoms with E-state index < -0.39 is 0 Å². The van der Waals surface area contributed by atoms with Crippen molar-refractivity contribution < 1.29 is 4.74 Å². The number of piperidine rings is 1. The average molecular weight is 286 g/mol. The molecular formula is C18H26N2O. The molecule has 0 aromatic heterocycles. The van der Waals surface area contributed by atoms with Gasteiger partial charge in [-0.25, -0.2) is 0 Å². The van der Waals surface area contributed by atoms with Gasteiger partial charge < -0.3 is 15.0 Å². The quantitative estimate of drug-likeness (QED) is 0.924. The number of nitrogens with one attached hydrogen (secondary N) is 1. The van der Waals surface area contributed by atoms with Crippen molar-refractivity contribution in [2.75, 3.05) is 20.2 Å². The van der Waals surface area contributed by atoms with E-state index in [1.807, 2.05) is 0 Å². The van der Waals surface area contributed by atoms with Gasteiger partial charge in [-0.3, -0.25) is 0 Å². The molecule has 0 saturated carbocycles. The monoisotopic (exact) mass is 286 g/mol. The normalized spacial score (nSPS) is 34.6. The highest BCUT2D eigenvalue weighted by Crippen LogP contribution is 2.35. The Labute approximate surface area is 127 Å². The highest BCUT2D eigenvalue weighted by Gasteiger charge is 2.35. The van der Waals surface area contributed by atoms with Gasteiger partial charge in [0.2, 0.25) is 0 Å². The molecule has 3 heterocycles. The molecular weight excluding hydrogens is 260 g/mol. The molecule has 1 N–H and O–H groups in total. The van der Waals surface area contributed by atoms with E-state index in [1.54, 1.807) is 0 Å². The first-order valence-electron chi connectivity index (χ1n) is 8.47. The van der Waals surface area contributed by atoms with Crippen LogP contribution in [0.15, 0.2) is 24.3 Å². The summed E-state index contributed by atoms with van der Waals surface area (Å²) in [5.74, 6) is 1.74. The van der Waals surface area contributed by atoms with Crippen LogP contribution >= 0.6 is 0 Å². The number of hydrogen-bond donors (Lipinski definition) is 1. The number of hydrogen-bond acceptors (Lipinski definition) is 3. The molecule has 114 valence electrons. The van der Waals surface area contributed by atoms with E-state index in [1.165, 1.54) is 37.8 Å². The molecule has 2 bridgehead atoms. The van der Waals surface area contributed by atoms with Crippen LogP contribution in [0.5, 0.6) is 5.75 Å². The van der Waals surface area contributed by atoms with Crippen molar-refractivity contribution in [2.45, 2.75) is 56.1 Å². The minimum absolute atomic E-state index is 0.632. The second-order valence-electron chi connectivity index (χ2n) is 7.07. The Kier molecular flexibility index (Phi) is 3.64. The predicted molar refractivity (Wildman–Crippen MR) is 84.9 cm³/mol. The number of nitrogens with zero attached hydrogens (tertiary/aromatic N) is 1. The molecule has 2 fully saturated rings. The minimum atomic E-state index is 0.632. The van der Waals surface area contributed by atoms with E-state index in [4.69, 9.17) is 4.74 Å². The minimum Gasteiger partial charge on any atom is -0.493 e. The summed E-state index contributed by atoms with van der Waals surface area (Å²) < 4.78 is 5.80. The van der Waals surface area contributed by atoms with Gasteiger partial charge >= 0.3 is 0 Å². The van der Waals surface area contributed by atoms with Crippen molar-refractivity contribution in [3.05, 3.63) is 29.8 Å². The first-order chi connectivity index (χ1) is 10.3. The fraction of sp³-hybridized carbons (Fsp3) is 0.667. The smallest absolute Gasteiger partial charge is 0.122 e. The third-order valence-electron chi connectivity index (χ3n) is 5.66. The van der Waals surface area contributed by atoms with Gasteiger partial charge in [0.05, 0.1) is 6.61 Å². The number of para-hydroxylation sites is 1. The molecule has 3 atom stereocenters. The lowest BCUT2D eigenvalue weighted by Gasteiger charge is -2.38. The molecule has 2 saturated heterocycles. The highest BCUT2D eigenvalue weighted by atomic mass is 16.5. The third kappa shape index (κ3) is 2.69. The summed E-state index contributed by atoms with van der Waals surface area (Å²) in [4.78, 5) is 2.62. The maximum atomic E-state index is 5.80. The Balaban J connectivity index is 1.44. The molecule has 3 aliphatic heterocycles. The van der Waals surface area contributed by atoms with E-state index in [0.717, 1.165) is 36.9 Å². The van der Waals surface area contributed by atoms with Gasteiger partial charge in [-0.05, 0) is 50.8 Å². The van der Waals surface area contributed by atoms with Crippen LogP contribution in [0.25, 0.3) is 0 Å². The van der Waals surface area contributed by atoms with Crippen molar-refractivity contribution >= 4 is 0 Å². The van der Waals surface area contributed by atoms with Gasteiger partial charge in [-0.15, -0.1) is 0 Å². The molecule has 3 nitrogen and oxygen atoms in total. The first-order valence-corrected chi connectivity index (χ1v) is 8.47. The van der Waals surface area contributed by atoms with Gasteiger partial charge in [-0.2, -0.15) is 0 Å². The first kappa shape index (κ1) is 13.6. The van der Waals surface area contributed by atoms with Crippen molar-refractivity contribution in [3.63, 3.8) is 0 Å². The van der Waals surface area contributed by atoms with Crippen molar-refractivity contribution in [1.82, 2.24) is 10.2 Å². The van der Waals surface area contributed by atoms with Crippen LogP contribution in [-0.2, 0) is 0 Å². The molecule has 1 aromatic rings. The van der Waals surface area contributed by atoms with Gasteiger partial charge in [0.1, 0.15) is 5.75 Å². The predicted octanol–water partition coefficient (Wildman–Crippen LogP) is 2.77. The second-order valence-corrected chi connectivity index (χ2v) is 7.07. The van der Waals surface area contributed by atoms with Crippen molar-refractivity contribution in [2.24, 2.45) is 0 Å². The summed E-state index contributed by atoms with van der Waals surface area (Å²) in [5.41, 5.74) is 1.41. The Bertz CT molecular complexity index is 492. The van der Waals surface area contributed by atoms with E-state index in [9.17, 15) is 0 Å². The van der Waals surface area contributed by atoms with E-state index >= 15 is 0 Å². The van der Waals surface area contributed by atoms with E-state index in [2.05, 4.69) is 41.5 Å². The zero-order valence-corrected chi connectivity index (χ0v) is 12.9. The standard InChI is InChI=1S/C18H26N2O/c1-20(16-10-14-6-7-15(11-16)19-14)12-13-8-9-21-18-5-3-2-4-17(13)18/h2-5,13-16,19H,6-12H2,1H3. The fourth-order valence-corrected chi connectivity index (χ4v) is 4.49. The maximum absolute atomic E-state index is 5.80. The topological polar surface area (TPSA) is 24.5 Å². The molecule has 3 unspecified atom stereocenters. The lowest BCUT2D eigenvalue weighted by atomic mass is 9.91. The molecule has 4 rings (SSSR count). The molecule has 0 radical (unpaired) electrons. The number of likely N-dealkylation sites (N-methyl/N-ethyl adjacent to an activating group) is 1. The lowest BCUT2D eigenvalue weighted by Crippen LogP contribution is -2.48. The van der Waals surface area contributed by atoms with E-state index in [0.29, 0.717) is 5.92 Å². The van der Waals surface area contributed by atoms with Crippen LogP contribution in [0.2, 0.25) is 0 Å². The van der Waals surface area contributed by atoms with Crippen LogP contribution in [0, 0.1) is 0 Å². The molecule has 1 aromatic carbocycles. The second kappa shape index (κ2) is 5.62. The summed E-state index contributed by atoms with van der Waals surface area (Å²) in [6, 6.07) is 10.9. The van der Waals surface area contributed by atoms with Crippen molar-refractivity contribution in [3.8, 4) is 5.75 Å². The summed E-state index contributed by atoms with van der Waals surface area (Å²) in [5, 5.41) is 3.75. The number of ether oxygens (including phenoxy) is 1. The highest BCUT2D eigenvalue weighted by molar-refractivity contribution is 5.37. The summed E-state index contributed by atoms with van der Waals surface area (Å²) in [7, 11) is 2.33. The Morgan fingerprint density at radius 1 is 1.14 bits per heavy atom. The van der Waals surface area contributed by atoms with Crippen LogP contribution in [0.3, 0.4) is 0 Å². The van der Waals surface area contributed by atoms with Gasteiger partial charge in [-0.1, -0.05) is 18.2 Å². The zero-order chi connectivity index (χ0) is 14.2. The zero-order valence-electron chi connectivity index (χ0n) is 12.9. The molecule has 21 heavy (non-hydrogen) atoms. The SMILES string of the molecule is CN(CC1CCOc2ccccc21)C1CC2CCC(C1)N2. The van der Waals surface area contributed by atoms with E-state index in [-0.39, 0.29) is 0 Å². The van der Waals surface area contributed by atoms with Crippen molar-refractivity contribution in [1.29, 1.82) is 0 Å². The lowest BCUT2D eigenvalue weighted by molar-refractivity contribution is 0.151. The molecule has 0 aliphatic carbocycles. The Morgan fingerprint density at radius 2 is 1.90 bits per heavy atom. The van der Waals surface area contributed by atoms with Gasteiger partial charge in [0.25, 0.3) is 0 Å². The largest absolute Gasteiger partial charge is 0.493 e. The third-order valence-corrected chi connectivity index (χ3v) is 5.66. The van der Waals surface area contributed by atoms with Crippen LogP contribution in [-0.4, -0.2) is 43.2 Å². The van der Waals surface area contributed by atoms with Crippen LogP contribution in [0.4, 0.5) is 0 Å². The number of fused-ring (bicyclic) bond motifs is 3. The van der Waals surface area contributed by atoms with Crippen LogP contribution in [0.1, 0.15) is 43.6 Å². The summed E-state index contributed by atoms with van der Waals surface area (Å²) in [6.45, 7) is 2.04. The molecule has 3 aliphatic rings. The number of rotatable bonds is 3. The Hall–Kier alpha value is -1.06.